The van der Waals surface area contributed by atoms with Crippen molar-refractivity contribution in [3.8, 4) is 5.75 Å². The van der Waals surface area contributed by atoms with Crippen molar-refractivity contribution in [2.24, 2.45) is 5.73 Å². The summed E-state index contributed by atoms with van der Waals surface area (Å²) in [7, 11) is 1.46. The van der Waals surface area contributed by atoms with Gasteiger partial charge < -0.3 is 15.8 Å². The van der Waals surface area contributed by atoms with Crippen LogP contribution in [-0.2, 0) is 0 Å². The molecule has 0 fully saturated rings. The SMILES string of the molecule is COc1ccc(Br)cc1C(CN)NCC(F)(F)F. The Hall–Kier alpha value is -0.790. The molecule has 3 nitrogen and oxygen atoms in total. The Bertz CT molecular complexity index is 398. The Morgan fingerprint density at radius 2 is 2.11 bits per heavy atom. The van der Waals surface area contributed by atoms with E-state index in [1.165, 1.54) is 7.11 Å². The first-order valence-corrected chi connectivity index (χ1v) is 6.00. The molecule has 0 aliphatic rings. The van der Waals surface area contributed by atoms with Gasteiger partial charge in [-0.15, -0.1) is 0 Å². The maximum absolute atomic E-state index is 12.2. The molecule has 0 aliphatic heterocycles. The van der Waals surface area contributed by atoms with Gasteiger partial charge in [0.1, 0.15) is 5.75 Å². The van der Waals surface area contributed by atoms with Gasteiger partial charge in [0.05, 0.1) is 13.7 Å². The molecule has 0 aromatic heterocycles. The van der Waals surface area contributed by atoms with Crippen molar-refractivity contribution in [2.45, 2.75) is 12.2 Å². The number of nitrogens with one attached hydrogen (secondary N) is 1. The number of hydrogen-bond donors (Lipinski definition) is 2. The second-order valence-electron chi connectivity index (χ2n) is 3.67. The number of ether oxygens (including phenoxy) is 1. The van der Waals surface area contributed by atoms with Gasteiger partial charge in [0.2, 0.25) is 0 Å². The maximum Gasteiger partial charge on any atom is 0.401 e. The number of nitrogens with two attached hydrogens (primary N) is 1. The van der Waals surface area contributed by atoms with Crippen LogP contribution in [0.5, 0.6) is 5.75 Å². The van der Waals surface area contributed by atoms with Gasteiger partial charge in [0, 0.05) is 22.6 Å². The van der Waals surface area contributed by atoms with Crippen LogP contribution in [-0.4, -0.2) is 26.4 Å². The second kappa shape index (κ2) is 6.40. The predicted octanol–water partition coefficient (Wildman–Crippen LogP) is 2.61. The second-order valence-corrected chi connectivity index (χ2v) is 4.59. The lowest BCUT2D eigenvalue weighted by Crippen LogP contribution is -2.35. The van der Waals surface area contributed by atoms with E-state index in [9.17, 15) is 13.2 Å². The molecule has 0 radical (unpaired) electrons. The largest absolute Gasteiger partial charge is 0.496 e. The molecule has 0 aliphatic carbocycles. The molecule has 1 aromatic carbocycles. The molecular formula is C11H14BrF3N2O. The van der Waals surface area contributed by atoms with E-state index in [-0.39, 0.29) is 6.54 Å². The van der Waals surface area contributed by atoms with Crippen LogP contribution >= 0.6 is 15.9 Å². The summed E-state index contributed by atoms with van der Waals surface area (Å²) in [6.45, 7) is -1.05. The lowest BCUT2D eigenvalue weighted by Gasteiger charge is -2.21. The van der Waals surface area contributed by atoms with E-state index in [0.29, 0.717) is 11.3 Å². The highest BCUT2D eigenvalue weighted by Crippen LogP contribution is 2.28. The van der Waals surface area contributed by atoms with Crippen LogP contribution in [0.4, 0.5) is 13.2 Å². The summed E-state index contributed by atoms with van der Waals surface area (Å²) in [5, 5.41) is 2.38. The molecule has 1 unspecified atom stereocenters. The average molecular weight is 327 g/mol. The smallest absolute Gasteiger partial charge is 0.401 e. The van der Waals surface area contributed by atoms with E-state index in [1.54, 1.807) is 18.2 Å². The van der Waals surface area contributed by atoms with Crippen LogP contribution in [0.1, 0.15) is 11.6 Å². The monoisotopic (exact) mass is 326 g/mol. The first kappa shape index (κ1) is 15.3. The fraction of sp³-hybridized carbons (Fsp3) is 0.455. The van der Waals surface area contributed by atoms with E-state index in [0.717, 1.165) is 4.47 Å². The van der Waals surface area contributed by atoms with E-state index < -0.39 is 18.8 Å². The zero-order valence-corrected chi connectivity index (χ0v) is 11.3. The normalized spacial score (nSPS) is 13.4. The van der Waals surface area contributed by atoms with Gasteiger partial charge >= 0.3 is 6.18 Å². The molecule has 3 N–H and O–H groups in total. The molecule has 7 heteroatoms. The molecule has 0 heterocycles. The van der Waals surface area contributed by atoms with Crippen molar-refractivity contribution in [3.05, 3.63) is 28.2 Å². The molecule has 1 rings (SSSR count). The Morgan fingerprint density at radius 3 is 2.61 bits per heavy atom. The molecule has 1 atom stereocenters. The van der Waals surface area contributed by atoms with E-state index in [1.807, 2.05) is 0 Å². The number of alkyl halides is 3. The summed E-state index contributed by atoms with van der Waals surface area (Å²) in [4.78, 5) is 0. The Balaban J connectivity index is 2.90. The third-order valence-electron chi connectivity index (χ3n) is 2.35. The third kappa shape index (κ3) is 4.47. The fourth-order valence-corrected chi connectivity index (χ4v) is 1.92. The molecule has 102 valence electrons. The molecule has 0 spiro atoms. The minimum Gasteiger partial charge on any atom is -0.496 e. The standard InChI is InChI=1S/C11H14BrF3N2O/c1-18-10-3-2-7(12)4-8(10)9(5-16)17-6-11(13,14)15/h2-4,9,17H,5-6,16H2,1H3. The zero-order chi connectivity index (χ0) is 13.8. The van der Waals surface area contributed by atoms with Gasteiger partial charge in [-0.2, -0.15) is 13.2 Å². The minimum atomic E-state index is -4.27. The van der Waals surface area contributed by atoms with Crippen molar-refractivity contribution >= 4 is 15.9 Å². The molecule has 0 bridgehead atoms. The highest BCUT2D eigenvalue weighted by molar-refractivity contribution is 9.10. The molecule has 0 saturated heterocycles. The van der Waals surface area contributed by atoms with Gasteiger partial charge in [-0.1, -0.05) is 15.9 Å². The summed E-state index contributed by atoms with van der Waals surface area (Å²) in [5.41, 5.74) is 6.10. The third-order valence-corrected chi connectivity index (χ3v) is 2.85. The number of hydrogen-bond acceptors (Lipinski definition) is 3. The van der Waals surface area contributed by atoms with Crippen LogP contribution < -0.4 is 15.8 Å². The Kier molecular flexibility index (Phi) is 5.43. The summed E-state index contributed by atoms with van der Waals surface area (Å²) < 4.78 is 42.4. The topological polar surface area (TPSA) is 47.3 Å². The van der Waals surface area contributed by atoms with E-state index >= 15 is 0 Å². The number of methoxy groups -OCH3 is 1. The lowest BCUT2D eigenvalue weighted by molar-refractivity contribution is -0.126. The maximum atomic E-state index is 12.2. The number of rotatable bonds is 5. The van der Waals surface area contributed by atoms with Gasteiger partial charge in [-0.3, -0.25) is 0 Å². The molecule has 1 aromatic rings. The van der Waals surface area contributed by atoms with Crippen LogP contribution in [0.15, 0.2) is 22.7 Å². The van der Waals surface area contributed by atoms with Crippen LogP contribution in [0.3, 0.4) is 0 Å². The lowest BCUT2D eigenvalue weighted by atomic mass is 10.1. The van der Waals surface area contributed by atoms with Gasteiger partial charge in [-0.05, 0) is 18.2 Å². The number of halogens is 4. The fourth-order valence-electron chi connectivity index (χ4n) is 1.54. The van der Waals surface area contributed by atoms with Crippen molar-refractivity contribution in [1.29, 1.82) is 0 Å². The molecular weight excluding hydrogens is 313 g/mol. The first-order valence-electron chi connectivity index (χ1n) is 5.21. The van der Waals surface area contributed by atoms with Crippen molar-refractivity contribution in [3.63, 3.8) is 0 Å². The van der Waals surface area contributed by atoms with E-state index in [2.05, 4.69) is 21.2 Å². The van der Waals surface area contributed by atoms with E-state index in [4.69, 9.17) is 10.5 Å². The summed E-state index contributed by atoms with van der Waals surface area (Å²) in [5.74, 6) is 0.503. The van der Waals surface area contributed by atoms with Crippen molar-refractivity contribution in [2.75, 3.05) is 20.2 Å². The summed E-state index contributed by atoms with van der Waals surface area (Å²) in [6.07, 6.45) is -4.27. The number of benzene rings is 1. The van der Waals surface area contributed by atoms with Gasteiger partial charge in [0.25, 0.3) is 0 Å². The first-order chi connectivity index (χ1) is 8.37. The Morgan fingerprint density at radius 1 is 1.44 bits per heavy atom. The van der Waals surface area contributed by atoms with Gasteiger partial charge in [0.15, 0.2) is 0 Å². The molecule has 0 amide bonds. The van der Waals surface area contributed by atoms with Gasteiger partial charge in [-0.25, -0.2) is 0 Å². The quantitative estimate of drug-likeness (QED) is 0.874. The van der Waals surface area contributed by atoms with Crippen molar-refractivity contribution in [1.82, 2.24) is 5.32 Å². The highest BCUT2D eigenvalue weighted by Gasteiger charge is 2.28. The molecule has 0 saturated carbocycles. The van der Waals surface area contributed by atoms with Crippen LogP contribution in [0.25, 0.3) is 0 Å². The van der Waals surface area contributed by atoms with Crippen LogP contribution in [0, 0.1) is 0 Å². The van der Waals surface area contributed by atoms with Crippen molar-refractivity contribution < 1.29 is 17.9 Å². The zero-order valence-electron chi connectivity index (χ0n) is 9.72. The summed E-state index contributed by atoms with van der Waals surface area (Å²) in [6, 6.07) is 4.51. The minimum absolute atomic E-state index is 0.0445. The highest BCUT2D eigenvalue weighted by atomic mass is 79.9. The summed E-state index contributed by atoms with van der Waals surface area (Å²) >= 11 is 3.27. The molecule has 18 heavy (non-hydrogen) atoms. The predicted molar refractivity (Wildman–Crippen MR) is 66.5 cm³/mol. The van der Waals surface area contributed by atoms with Crippen LogP contribution in [0.2, 0.25) is 0 Å². The average Bonchev–Trinajstić information content (AvgIpc) is 2.28. The Labute approximate surface area is 112 Å².